The number of nitrogens with zero attached hydrogens (tertiary/aromatic N) is 2. The number of hydrogen-bond acceptors (Lipinski definition) is 3. The lowest BCUT2D eigenvalue weighted by atomic mass is 10.0. The van der Waals surface area contributed by atoms with Crippen molar-refractivity contribution in [3.05, 3.63) is 41.7 Å². The van der Waals surface area contributed by atoms with Crippen molar-refractivity contribution in [1.29, 1.82) is 0 Å². The summed E-state index contributed by atoms with van der Waals surface area (Å²) in [6, 6.07) is 8.31. The Morgan fingerprint density at radius 2 is 2.00 bits per heavy atom. The third-order valence-corrected chi connectivity index (χ3v) is 3.10. The number of hydrogen-bond donors (Lipinski definition) is 1. The van der Waals surface area contributed by atoms with Gasteiger partial charge in [-0.05, 0) is 31.4 Å². The van der Waals surface area contributed by atoms with Gasteiger partial charge in [0.25, 0.3) is 0 Å². The maximum absolute atomic E-state index is 4.37. The molecule has 1 N–H and O–H groups in total. The minimum atomic E-state index is 0.891. The number of nitrogens with one attached hydrogen (secondary N) is 1. The maximum atomic E-state index is 4.37. The Labute approximate surface area is 108 Å². The fourth-order valence-corrected chi connectivity index (χ4v) is 1.88. The molecule has 0 radical (unpaired) electrons. The van der Waals surface area contributed by atoms with Gasteiger partial charge in [0.05, 0.1) is 5.69 Å². The molecule has 0 fully saturated rings. The summed E-state index contributed by atoms with van der Waals surface area (Å²) in [5, 5.41) is 3.29. The monoisotopic (exact) mass is 241 g/mol. The summed E-state index contributed by atoms with van der Waals surface area (Å²) in [7, 11) is 0. The van der Waals surface area contributed by atoms with E-state index in [1.807, 2.05) is 6.07 Å². The van der Waals surface area contributed by atoms with Gasteiger partial charge in [0.1, 0.15) is 12.1 Å². The first kappa shape index (κ1) is 12.6. The average Bonchev–Trinajstić information content (AvgIpc) is 2.40. The van der Waals surface area contributed by atoms with Gasteiger partial charge in [-0.3, -0.25) is 0 Å². The van der Waals surface area contributed by atoms with Crippen LogP contribution in [0.5, 0.6) is 0 Å². The molecule has 1 aromatic heterocycles. The molecule has 1 aromatic carbocycles. The quantitative estimate of drug-likeness (QED) is 0.889. The third-order valence-electron chi connectivity index (χ3n) is 3.10. The van der Waals surface area contributed by atoms with Crippen molar-refractivity contribution in [3.8, 4) is 11.3 Å². The molecule has 0 amide bonds. The second-order valence-electron chi connectivity index (χ2n) is 4.46. The van der Waals surface area contributed by atoms with Crippen molar-refractivity contribution in [2.24, 2.45) is 0 Å². The van der Waals surface area contributed by atoms with Crippen molar-refractivity contribution in [2.75, 3.05) is 11.9 Å². The van der Waals surface area contributed by atoms with Crippen molar-refractivity contribution in [1.82, 2.24) is 9.97 Å². The number of rotatable bonds is 4. The Hall–Kier alpha value is -1.90. The zero-order valence-electron chi connectivity index (χ0n) is 11.2. The van der Waals surface area contributed by atoms with Gasteiger partial charge in [-0.2, -0.15) is 0 Å². The van der Waals surface area contributed by atoms with Gasteiger partial charge in [0, 0.05) is 18.2 Å². The molecule has 0 saturated carbocycles. The van der Waals surface area contributed by atoms with E-state index in [1.54, 1.807) is 6.33 Å². The molecule has 3 heteroatoms. The zero-order valence-corrected chi connectivity index (χ0v) is 11.2. The minimum Gasteiger partial charge on any atom is -0.370 e. The summed E-state index contributed by atoms with van der Waals surface area (Å²) in [6.45, 7) is 7.32. The Kier molecular flexibility index (Phi) is 3.92. The molecule has 0 aliphatic heterocycles. The standard InChI is InChI=1S/C15H19N3/c1-4-8-16-15-9-14(17-10-18-15)13-7-5-6-11(2)12(13)3/h5-7,9-10H,4,8H2,1-3H3,(H,16,17,18). The Balaban J connectivity index is 2.35. The van der Waals surface area contributed by atoms with Gasteiger partial charge < -0.3 is 5.32 Å². The fraction of sp³-hybridized carbons (Fsp3) is 0.333. The van der Waals surface area contributed by atoms with Gasteiger partial charge in [0.15, 0.2) is 0 Å². The smallest absolute Gasteiger partial charge is 0.129 e. The minimum absolute atomic E-state index is 0.891. The largest absolute Gasteiger partial charge is 0.370 e. The molecule has 0 aliphatic carbocycles. The highest BCUT2D eigenvalue weighted by molar-refractivity contribution is 5.66. The van der Waals surface area contributed by atoms with Gasteiger partial charge in [-0.15, -0.1) is 0 Å². The molecular formula is C15H19N3. The van der Waals surface area contributed by atoms with Crippen LogP contribution in [0.15, 0.2) is 30.6 Å². The first-order chi connectivity index (χ1) is 8.72. The molecule has 0 atom stereocenters. The lowest BCUT2D eigenvalue weighted by Crippen LogP contribution is -2.02. The molecule has 0 unspecified atom stereocenters. The lowest BCUT2D eigenvalue weighted by molar-refractivity contribution is 0.965. The predicted octanol–water partition coefficient (Wildman–Crippen LogP) is 3.58. The fourth-order valence-electron chi connectivity index (χ4n) is 1.88. The highest BCUT2D eigenvalue weighted by atomic mass is 15.0. The Morgan fingerprint density at radius 3 is 2.78 bits per heavy atom. The van der Waals surface area contributed by atoms with Crippen molar-refractivity contribution in [2.45, 2.75) is 27.2 Å². The molecule has 18 heavy (non-hydrogen) atoms. The summed E-state index contributed by atoms with van der Waals surface area (Å²) in [5.74, 6) is 0.891. The summed E-state index contributed by atoms with van der Waals surface area (Å²) >= 11 is 0. The molecule has 1 heterocycles. The van der Waals surface area contributed by atoms with Crippen LogP contribution in [0.1, 0.15) is 24.5 Å². The van der Waals surface area contributed by atoms with Gasteiger partial charge in [-0.1, -0.05) is 25.1 Å². The predicted molar refractivity (Wildman–Crippen MR) is 75.7 cm³/mol. The van der Waals surface area contributed by atoms with Gasteiger partial charge >= 0.3 is 0 Å². The molecule has 0 saturated heterocycles. The average molecular weight is 241 g/mol. The Bertz CT molecular complexity index is 535. The summed E-state index contributed by atoms with van der Waals surface area (Å²) in [6.07, 6.45) is 2.71. The second kappa shape index (κ2) is 5.63. The highest BCUT2D eigenvalue weighted by Crippen LogP contribution is 2.24. The summed E-state index contributed by atoms with van der Waals surface area (Å²) in [5.41, 5.74) is 4.72. The van der Waals surface area contributed by atoms with Crippen LogP contribution in [0.25, 0.3) is 11.3 Å². The molecule has 3 nitrogen and oxygen atoms in total. The van der Waals surface area contributed by atoms with Gasteiger partial charge in [0.2, 0.25) is 0 Å². The van der Waals surface area contributed by atoms with Crippen LogP contribution >= 0.6 is 0 Å². The van der Waals surface area contributed by atoms with E-state index in [4.69, 9.17) is 0 Å². The molecular weight excluding hydrogens is 222 g/mol. The van der Waals surface area contributed by atoms with Crippen LogP contribution in [0.2, 0.25) is 0 Å². The molecule has 0 spiro atoms. The number of aryl methyl sites for hydroxylation is 1. The summed E-state index contributed by atoms with van der Waals surface area (Å²) in [4.78, 5) is 8.60. The van der Waals surface area contributed by atoms with Crippen LogP contribution in [0, 0.1) is 13.8 Å². The Morgan fingerprint density at radius 1 is 1.17 bits per heavy atom. The number of anilines is 1. The number of aromatic nitrogens is 2. The van der Waals surface area contributed by atoms with E-state index in [0.717, 1.165) is 24.5 Å². The topological polar surface area (TPSA) is 37.8 Å². The van der Waals surface area contributed by atoms with E-state index in [2.05, 4.69) is 54.3 Å². The first-order valence-electron chi connectivity index (χ1n) is 6.35. The third kappa shape index (κ3) is 2.67. The van der Waals surface area contributed by atoms with E-state index in [9.17, 15) is 0 Å². The van der Waals surface area contributed by atoms with Crippen molar-refractivity contribution in [3.63, 3.8) is 0 Å². The normalized spacial score (nSPS) is 10.4. The van der Waals surface area contributed by atoms with Crippen LogP contribution in [-0.4, -0.2) is 16.5 Å². The maximum Gasteiger partial charge on any atom is 0.129 e. The van der Waals surface area contributed by atoms with Crippen molar-refractivity contribution >= 4 is 5.82 Å². The highest BCUT2D eigenvalue weighted by Gasteiger charge is 2.06. The first-order valence-corrected chi connectivity index (χ1v) is 6.35. The second-order valence-corrected chi connectivity index (χ2v) is 4.46. The summed E-state index contributed by atoms with van der Waals surface area (Å²) < 4.78 is 0. The molecule has 2 rings (SSSR count). The van der Waals surface area contributed by atoms with E-state index >= 15 is 0 Å². The molecule has 2 aromatic rings. The molecule has 0 aliphatic rings. The van der Waals surface area contributed by atoms with Crippen molar-refractivity contribution < 1.29 is 0 Å². The molecule has 94 valence electrons. The van der Waals surface area contributed by atoms with Crippen LogP contribution < -0.4 is 5.32 Å². The van der Waals surface area contributed by atoms with Gasteiger partial charge in [-0.25, -0.2) is 9.97 Å². The number of benzene rings is 1. The lowest BCUT2D eigenvalue weighted by Gasteiger charge is -2.09. The van der Waals surface area contributed by atoms with Crippen LogP contribution in [0.3, 0.4) is 0 Å². The van der Waals surface area contributed by atoms with E-state index in [-0.39, 0.29) is 0 Å². The van der Waals surface area contributed by atoms with Crippen LogP contribution in [0.4, 0.5) is 5.82 Å². The zero-order chi connectivity index (χ0) is 13.0. The van der Waals surface area contributed by atoms with E-state index < -0.39 is 0 Å². The van der Waals surface area contributed by atoms with Crippen LogP contribution in [-0.2, 0) is 0 Å². The van der Waals surface area contributed by atoms with E-state index in [0.29, 0.717) is 0 Å². The SMILES string of the molecule is CCCNc1cc(-c2cccc(C)c2C)ncn1. The molecule has 0 bridgehead atoms. The van der Waals surface area contributed by atoms with E-state index in [1.165, 1.54) is 16.7 Å².